The predicted molar refractivity (Wildman–Crippen MR) is 66.6 cm³/mol. The van der Waals surface area contributed by atoms with Crippen LogP contribution in [0.25, 0.3) is 0 Å². The van der Waals surface area contributed by atoms with Gasteiger partial charge < -0.3 is 11.1 Å². The van der Waals surface area contributed by atoms with Crippen LogP contribution in [0.15, 0.2) is 0 Å². The van der Waals surface area contributed by atoms with E-state index >= 15 is 0 Å². The fourth-order valence-electron chi connectivity index (χ4n) is 1.98. The summed E-state index contributed by atoms with van der Waals surface area (Å²) in [5.41, 5.74) is 5.32. The Labute approximate surface area is 99.8 Å². The minimum Gasteiger partial charge on any atom is -0.353 e. The van der Waals surface area contributed by atoms with E-state index in [4.69, 9.17) is 5.73 Å². The van der Waals surface area contributed by atoms with Crippen molar-refractivity contribution in [1.82, 2.24) is 5.32 Å². The van der Waals surface area contributed by atoms with Gasteiger partial charge in [-0.2, -0.15) is 0 Å². The maximum atomic E-state index is 11.5. The molecule has 0 bridgehead atoms. The molecule has 0 radical (unpaired) electrons. The molecular formula is C11H22N2O2S. The number of rotatable bonds is 6. The first-order valence-corrected chi connectivity index (χ1v) is 7.55. The van der Waals surface area contributed by atoms with Crippen molar-refractivity contribution < 1.29 is 9.00 Å². The molecule has 0 saturated heterocycles. The second-order valence-electron chi connectivity index (χ2n) is 4.33. The average Bonchev–Trinajstić information content (AvgIpc) is 2.27. The van der Waals surface area contributed by atoms with Gasteiger partial charge in [0, 0.05) is 22.6 Å². The summed E-state index contributed by atoms with van der Waals surface area (Å²) in [6.07, 6.45) is 6.53. The third-order valence-corrected chi connectivity index (χ3v) is 4.17. The molecule has 4 nitrogen and oxygen atoms in total. The minimum atomic E-state index is -1.05. The van der Waals surface area contributed by atoms with Crippen molar-refractivity contribution in [2.24, 2.45) is 5.73 Å². The molecular weight excluding hydrogens is 224 g/mol. The number of nitrogens with one attached hydrogen (secondary N) is 1. The lowest BCUT2D eigenvalue weighted by Gasteiger charge is -2.22. The maximum Gasteiger partial charge on any atom is 0.232 e. The van der Waals surface area contributed by atoms with Gasteiger partial charge in [-0.25, -0.2) is 0 Å². The first-order valence-electron chi connectivity index (χ1n) is 6.07. The van der Waals surface area contributed by atoms with Gasteiger partial charge in [0.1, 0.15) is 5.75 Å². The van der Waals surface area contributed by atoms with Crippen LogP contribution in [0.3, 0.4) is 0 Å². The Kier molecular flexibility index (Phi) is 6.64. The smallest absolute Gasteiger partial charge is 0.232 e. The van der Waals surface area contributed by atoms with Crippen LogP contribution in [0.1, 0.15) is 38.5 Å². The van der Waals surface area contributed by atoms with Crippen molar-refractivity contribution in [1.29, 1.82) is 0 Å². The van der Waals surface area contributed by atoms with E-state index in [-0.39, 0.29) is 11.7 Å². The van der Waals surface area contributed by atoms with Gasteiger partial charge in [-0.3, -0.25) is 9.00 Å². The quantitative estimate of drug-likeness (QED) is 0.718. The lowest BCUT2D eigenvalue weighted by Crippen LogP contribution is -2.38. The monoisotopic (exact) mass is 246 g/mol. The summed E-state index contributed by atoms with van der Waals surface area (Å²) in [7, 11) is -1.05. The molecule has 94 valence electrons. The van der Waals surface area contributed by atoms with Crippen molar-refractivity contribution in [2.75, 3.05) is 18.1 Å². The summed E-state index contributed by atoms with van der Waals surface area (Å²) in [5, 5.41) is 2.96. The zero-order chi connectivity index (χ0) is 11.8. The van der Waals surface area contributed by atoms with Crippen molar-refractivity contribution in [3.05, 3.63) is 0 Å². The van der Waals surface area contributed by atoms with Crippen LogP contribution in [0.4, 0.5) is 0 Å². The highest BCUT2D eigenvalue weighted by atomic mass is 32.2. The van der Waals surface area contributed by atoms with E-state index in [0.717, 1.165) is 19.3 Å². The number of hydrogen-bond acceptors (Lipinski definition) is 3. The fraction of sp³-hybridized carbons (Fsp3) is 0.909. The molecule has 1 aliphatic rings. The van der Waals surface area contributed by atoms with Gasteiger partial charge in [0.2, 0.25) is 5.91 Å². The molecule has 0 aromatic rings. The minimum absolute atomic E-state index is 0.0674. The van der Waals surface area contributed by atoms with E-state index in [1.165, 1.54) is 19.3 Å². The molecule has 1 rings (SSSR count). The molecule has 16 heavy (non-hydrogen) atoms. The summed E-state index contributed by atoms with van der Waals surface area (Å²) in [6.45, 7) is 0.538. The van der Waals surface area contributed by atoms with Crippen molar-refractivity contribution in [2.45, 2.75) is 44.6 Å². The molecule has 1 unspecified atom stereocenters. The van der Waals surface area contributed by atoms with Crippen LogP contribution in [0, 0.1) is 0 Å². The van der Waals surface area contributed by atoms with E-state index in [9.17, 15) is 9.00 Å². The Morgan fingerprint density at radius 2 is 2.00 bits per heavy atom. The molecule has 1 atom stereocenters. The van der Waals surface area contributed by atoms with Gasteiger partial charge in [-0.15, -0.1) is 0 Å². The summed E-state index contributed by atoms with van der Waals surface area (Å²) < 4.78 is 11.4. The normalized spacial score (nSPS) is 19.3. The highest BCUT2D eigenvalue weighted by molar-refractivity contribution is 7.85. The second-order valence-corrected chi connectivity index (χ2v) is 5.91. The van der Waals surface area contributed by atoms with Crippen LogP contribution in [-0.2, 0) is 15.6 Å². The molecule has 0 aliphatic heterocycles. The number of hydrogen-bond donors (Lipinski definition) is 2. The van der Waals surface area contributed by atoms with Crippen LogP contribution in [-0.4, -0.2) is 34.2 Å². The largest absolute Gasteiger partial charge is 0.353 e. The van der Waals surface area contributed by atoms with Crippen LogP contribution in [0.2, 0.25) is 0 Å². The Bertz CT molecular complexity index is 240. The fourth-order valence-corrected chi connectivity index (χ4v) is 2.99. The molecule has 0 aromatic carbocycles. The van der Waals surface area contributed by atoms with Gasteiger partial charge >= 0.3 is 0 Å². The first kappa shape index (κ1) is 13.6. The molecule has 1 fully saturated rings. The van der Waals surface area contributed by atoms with Crippen LogP contribution < -0.4 is 11.1 Å². The molecule has 0 heterocycles. The van der Waals surface area contributed by atoms with Crippen molar-refractivity contribution in [3.63, 3.8) is 0 Å². The van der Waals surface area contributed by atoms with E-state index in [0.29, 0.717) is 18.3 Å². The Balaban J connectivity index is 2.16. The Hall–Kier alpha value is -0.420. The van der Waals surface area contributed by atoms with Crippen molar-refractivity contribution in [3.8, 4) is 0 Å². The second kappa shape index (κ2) is 7.79. The van der Waals surface area contributed by atoms with E-state index in [1.807, 2.05) is 0 Å². The standard InChI is InChI=1S/C11H22N2O2S/c12-7-4-8-16(15)9-11(14)13-10-5-2-1-3-6-10/h10H,1-9,12H2,(H,13,14). The van der Waals surface area contributed by atoms with Gasteiger partial charge in [-0.1, -0.05) is 19.3 Å². The third kappa shape index (κ3) is 5.61. The first-order chi connectivity index (χ1) is 7.72. The summed E-state index contributed by atoms with van der Waals surface area (Å²) in [4.78, 5) is 11.5. The number of carbonyl (C=O) groups excluding carboxylic acids is 1. The predicted octanol–water partition coefficient (Wildman–Crippen LogP) is 0.533. The molecule has 1 aliphatic carbocycles. The zero-order valence-electron chi connectivity index (χ0n) is 9.74. The topological polar surface area (TPSA) is 72.2 Å². The third-order valence-electron chi connectivity index (χ3n) is 2.84. The van der Waals surface area contributed by atoms with Gasteiger partial charge in [0.15, 0.2) is 0 Å². The SMILES string of the molecule is NCCCS(=O)CC(=O)NC1CCCCC1. The highest BCUT2D eigenvalue weighted by Crippen LogP contribution is 2.17. The number of nitrogens with two attached hydrogens (primary N) is 1. The molecule has 1 amide bonds. The average molecular weight is 246 g/mol. The van der Waals surface area contributed by atoms with E-state index in [1.54, 1.807) is 0 Å². The molecule has 3 N–H and O–H groups in total. The summed E-state index contributed by atoms with van der Waals surface area (Å²) in [6, 6.07) is 0.313. The molecule has 0 aromatic heterocycles. The lowest BCUT2D eigenvalue weighted by atomic mass is 9.95. The summed E-state index contributed by atoms with van der Waals surface area (Å²) in [5.74, 6) is 0.604. The molecule has 0 spiro atoms. The van der Waals surface area contributed by atoms with E-state index < -0.39 is 10.8 Å². The van der Waals surface area contributed by atoms with Crippen LogP contribution in [0.5, 0.6) is 0 Å². The van der Waals surface area contributed by atoms with Gasteiger partial charge in [-0.05, 0) is 25.8 Å². The zero-order valence-corrected chi connectivity index (χ0v) is 10.6. The lowest BCUT2D eigenvalue weighted by molar-refractivity contribution is -0.119. The Morgan fingerprint density at radius 3 is 2.62 bits per heavy atom. The Morgan fingerprint density at radius 1 is 1.31 bits per heavy atom. The van der Waals surface area contributed by atoms with Gasteiger partial charge in [0.05, 0.1) is 0 Å². The molecule has 5 heteroatoms. The van der Waals surface area contributed by atoms with Crippen molar-refractivity contribution >= 4 is 16.7 Å². The maximum absolute atomic E-state index is 11.5. The highest BCUT2D eigenvalue weighted by Gasteiger charge is 2.16. The van der Waals surface area contributed by atoms with Gasteiger partial charge in [0.25, 0.3) is 0 Å². The summed E-state index contributed by atoms with van der Waals surface area (Å²) >= 11 is 0. The van der Waals surface area contributed by atoms with E-state index in [2.05, 4.69) is 5.32 Å². The number of carbonyl (C=O) groups is 1. The molecule has 1 saturated carbocycles. The van der Waals surface area contributed by atoms with Crippen LogP contribution >= 0.6 is 0 Å². The number of amides is 1.